The van der Waals surface area contributed by atoms with Crippen LogP contribution < -0.4 is 0 Å². The lowest BCUT2D eigenvalue weighted by Crippen LogP contribution is -1.90. The highest BCUT2D eigenvalue weighted by Gasteiger charge is 2.17. The van der Waals surface area contributed by atoms with Gasteiger partial charge in [-0.3, -0.25) is 0 Å². The maximum absolute atomic E-state index is 2.37. The fourth-order valence-electron chi connectivity index (χ4n) is 10.3. The average Bonchev–Trinajstić information content (AvgIpc) is 3.32. The van der Waals surface area contributed by atoms with E-state index in [0.29, 0.717) is 0 Å². The molecule has 0 aliphatic heterocycles. The van der Waals surface area contributed by atoms with Crippen molar-refractivity contribution < 1.29 is 0 Å². The van der Waals surface area contributed by atoms with E-state index in [1.807, 2.05) is 0 Å². The van der Waals surface area contributed by atoms with Crippen LogP contribution in [-0.2, 0) is 0 Å². The van der Waals surface area contributed by atoms with E-state index >= 15 is 0 Å². The molecule has 0 aromatic heterocycles. The summed E-state index contributed by atoms with van der Waals surface area (Å²) in [5.41, 5.74) is 12.4. The van der Waals surface area contributed by atoms with Crippen molar-refractivity contribution >= 4 is 75.4 Å². The molecule has 0 heteroatoms. The van der Waals surface area contributed by atoms with E-state index in [2.05, 4.69) is 218 Å². The third kappa shape index (κ3) is 4.98. The van der Waals surface area contributed by atoms with Gasteiger partial charge < -0.3 is 0 Å². The van der Waals surface area contributed by atoms with Gasteiger partial charge in [-0.1, -0.05) is 200 Å². The zero-order valence-electron chi connectivity index (χ0n) is 32.8. The first kappa shape index (κ1) is 33.2. The van der Waals surface area contributed by atoms with Crippen molar-refractivity contribution in [1.29, 1.82) is 0 Å². The molecule has 13 rings (SSSR count). The van der Waals surface area contributed by atoms with Crippen LogP contribution >= 0.6 is 0 Å². The van der Waals surface area contributed by atoms with Gasteiger partial charge in [-0.25, -0.2) is 0 Å². The molecule has 0 saturated carbocycles. The fourth-order valence-corrected chi connectivity index (χ4v) is 10.3. The molecule has 0 aliphatic carbocycles. The molecule has 276 valence electrons. The molecule has 0 unspecified atom stereocenters. The zero-order valence-corrected chi connectivity index (χ0v) is 32.8. The summed E-state index contributed by atoms with van der Waals surface area (Å²) < 4.78 is 0. The van der Waals surface area contributed by atoms with Crippen LogP contribution in [0, 0.1) is 0 Å². The lowest BCUT2D eigenvalue weighted by molar-refractivity contribution is 1.58. The van der Waals surface area contributed by atoms with Crippen molar-refractivity contribution in [3.8, 4) is 55.6 Å². The Hall–Kier alpha value is -7.80. The highest BCUT2D eigenvalue weighted by atomic mass is 14.2. The van der Waals surface area contributed by atoms with Crippen molar-refractivity contribution in [1.82, 2.24) is 0 Å². The van der Waals surface area contributed by atoms with Crippen LogP contribution in [0.1, 0.15) is 0 Å². The van der Waals surface area contributed by atoms with E-state index in [1.165, 1.54) is 131 Å². The number of rotatable bonds is 5. The first-order valence-electron chi connectivity index (χ1n) is 20.9. The second-order valence-electron chi connectivity index (χ2n) is 16.4. The van der Waals surface area contributed by atoms with E-state index in [-0.39, 0.29) is 0 Å². The molecule has 0 nitrogen and oxygen atoms in total. The lowest BCUT2D eigenvalue weighted by atomic mass is 9.86. The Balaban J connectivity index is 0.897. The molecule has 0 N–H and O–H groups in total. The predicted molar refractivity (Wildman–Crippen MR) is 259 cm³/mol. The molecule has 0 amide bonds. The van der Waals surface area contributed by atoms with E-state index in [0.717, 1.165) is 0 Å². The largest absolute Gasteiger partial charge is 0.0616 e. The molecule has 0 bridgehead atoms. The maximum Gasteiger partial charge on any atom is -0.00203 e. The van der Waals surface area contributed by atoms with Gasteiger partial charge in [0.2, 0.25) is 0 Å². The minimum atomic E-state index is 1.21. The smallest absolute Gasteiger partial charge is 0.00203 e. The Morgan fingerprint density at radius 1 is 0.167 bits per heavy atom. The Morgan fingerprint density at radius 2 is 0.500 bits per heavy atom. The molecule has 0 aliphatic rings. The molecule has 0 heterocycles. The summed E-state index contributed by atoms with van der Waals surface area (Å²) in [5.74, 6) is 0. The summed E-state index contributed by atoms with van der Waals surface area (Å²) >= 11 is 0. The quantitative estimate of drug-likeness (QED) is 0.153. The van der Waals surface area contributed by atoms with Gasteiger partial charge in [0.1, 0.15) is 0 Å². The van der Waals surface area contributed by atoms with Gasteiger partial charge in [0, 0.05) is 0 Å². The van der Waals surface area contributed by atoms with Gasteiger partial charge in [-0.05, 0) is 149 Å². The minimum absolute atomic E-state index is 1.21. The van der Waals surface area contributed by atoms with Crippen molar-refractivity contribution in [3.05, 3.63) is 218 Å². The summed E-state index contributed by atoms with van der Waals surface area (Å²) in [6.45, 7) is 0. The van der Waals surface area contributed by atoms with Crippen LogP contribution in [0.4, 0.5) is 0 Å². The first-order chi connectivity index (χ1) is 29.7. The number of fused-ring (bicyclic) bond motifs is 1. The summed E-state index contributed by atoms with van der Waals surface area (Å²) in [6, 6.07) is 81.4. The molecule has 13 aromatic carbocycles. The van der Waals surface area contributed by atoms with Crippen LogP contribution in [0.3, 0.4) is 0 Å². The van der Waals surface area contributed by atoms with Crippen molar-refractivity contribution in [2.75, 3.05) is 0 Å². The summed E-state index contributed by atoms with van der Waals surface area (Å²) in [7, 11) is 0. The number of benzene rings is 13. The van der Waals surface area contributed by atoms with Gasteiger partial charge in [0.15, 0.2) is 0 Å². The summed E-state index contributed by atoms with van der Waals surface area (Å²) in [4.78, 5) is 0. The van der Waals surface area contributed by atoms with Crippen LogP contribution in [0.15, 0.2) is 218 Å². The second-order valence-corrected chi connectivity index (χ2v) is 16.4. The molecule has 0 fully saturated rings. The molecule has 0 saturated heterocycles. The van der Waals surface area contributed by atoms with Gasteiger partial charge >= 0.3 is 0 Å². The zero-order chi connectivity index (χ0) is 39.3. The molecule has 0 atom stereocenters. The highest BCUT2D eigenvalue weighted by Crippen LogP contribution is 2.45. The topological polar surface area (TPSA) is 0 Å². The first-order valence-corrected chi connectivity index (χ1v) is 20.9. The molecule has 0 spiro atoms. The van der Waals surface area contributed by atoms with Crippen LogP contribution in [-0.4, -0.2) is 0 Å². The van der Waals surface area contributed by atoms with Gasteiger partial charge in [0.25, 0.3) is 0 Å². The lowest BCUT2D eigenvalue weighted by Gasteiger charge is -2.17. The van der Waals surface area contributed by atoms with Crippen LogP contribution in [0.5, 0.6) is 0 Å². The fraction of sp³-hybridized carbons (Fsp3) is 0. The molecule has 0 radical (unpaired) electrons. The Bertz CT molecular complexity index is 3810. The molecular formula is C60H36. The molecule has 13 aromatic rings. The third-order valence-corrected chi connectivity index (χ3v) is 13.1. The molecule has 60 heavy (non-hydrogen) atoms. The van der Waals surface area contributed by atoms with Crippen molar-refractivity contribution in [2.24, 2.45) is 0 Å². The molecular weight excluding hydrogens is 721 g/mol. The van der Waals surface area contributed by atoms with E-state index in [9.17, 15) is 0 Å². The third-order valence-electron chi connectivity index (χ3n) is 13.1. The number of hydrogen-bond acceptors (Lipinski definition) is 0. The monoisotopic (exact) mass is 756 g/mol. The van der Waals surface area contributed by atoms with Crippen LogP contribution in [0.2, 0.25) is 0 Å². The SMILES string of the molecule is c1cc(-c2cccc(-c3ccc4ccc5cccc6ccc3c4c56)c2)cc(-c2cccc(-c3ccc4ccc5c(-c6cccc7ccccc67)ccc6ccc3c4c65)c2)c1. The highest BCUT2D eigenvalue weighted by molar-refractivity contribution is 6.28. The predicted octanol–water partition coefficient (Wildman–Crippen LogP) is 17.0. The summed E-state index contributed by atoms with van der Waals surface area (Å²) in [5, 5.41) is 18.2. The standard InChI is InChI=1S/C60H36/c1-2-18-49-37(8-1)9-7-19-52(49)53-30-24-42-26-32-55-51(29-23-41-27-33-56(53)60(42)59(41)55)48-17-6-15-46(36-48)44-13-4-12-43(34-44)45-14-5-16-47(35-45)50-28-22-40-21-20-38-10-3-11-39-25-31-54(50)58(40)57(38)39/h1-36H. The Morgan fingerprint density at radius 3 is 1.07 bits per heavy atom. The Labute approximate surface area is 347 Å². The Kier molecular flexibility index (Phi) is 7.11. The number of hydrogen-bond donors (Lipinski definition) is 0. The van der Waals surface area contributed by atoms with Gasteiger partial charge in [-0.2, -0.15) is 0 Å². The van der Waals surface area contributed by atoms with Gasteiger partial charge in [-0.15, -0.1) is 0 Å². The maximum atomic E-state index is 2.37. The van der Waals surface area contributed by atoms with Gasteiger partial charge in [0.05, 0.1) is 0 Å². The van der Waals surface area contributed by atoms with Crippen molar-refractivity contribution in [3.63, 3.8) is 0 Å². The average molecular weight is 757 g/mol. The second kappa shape index (κ2) is 12.9. The van der Waals surface area contributed by atoms with E-state index < -0.39 is 0 Å². The summed E-state index contributed by atoms with van der Waals surface area (Å²) in [6.07, 6.45) is 0. The van der Waals surface area contributed by atoms with E-state index in [4.69, 9.17) is 0 Å². The minimum Gasteiger partial charge on any atom is -0.0616 e. The van der Waals surface area contributed by atoms with Crippen LogP contribution in [0.25, 0.3) is 131 Å². The van der Waals surface area contributed by atoms with E-state index in [1.54, 1.807) is 0 Å². The van der Waals surface area contributed by atoms with Crippen molar-refractivity contribution in [2.45, 2.75) is 0 Å². The normalized spacial score (nSPS) is 12.0.